The average molecular weight is 203 g/mol. The fourth-order valence-electron chi connectivity index (χ4n) is 1.12. The van der Waals surface area contributed by atoms with E-state index in [-0.39, 0.29) is 0 Å². The Kier molecular flexibility index (Phi) is 4.19. The summed E-state index contributed by atoms with van der Waals surface area (Å²) >= 11 is 0. The fraction of sp³-hybridized carbons (Fsp3) is 0.300. The summed E-state index contributed by atoms with van der Waals surface area (Å²) in [6.07, 6.45) is 6.23. The minimum Gasteiger partial charge on any atom is -0.397 e. The topological polar surface area (TPSA) is 87.7 Å². The third kappa shape index (κ3) is 3.70. The lowest BCUT2D eigenvalue weighted by molar-refractivity contribution is 0.995. The smallest absolute Gasteiger partial charge is 0.0506 e. The molecule has 5 heteroatoms. The molecule has 0 amide bonds. The molecule has 0 aliphatic rings. The van der Waals surface area contributed by atoms with E-state index >= 15 is 0 Å². The number of pyridine rings is 1. The second kappa shape index (κ2) is 5.67. The molecule has 0 spiro atoms. The van der Waals surface area contributed by atoms with Crippen molar-refractivity contribution in [2.45, 2.75) is 13.3 Å². The van der Waals surface area contributed by atoms with Crippen LogP contribution in [0.1, 0.15) is 17.7 Å². The van der Waals surface area contributed by atoms with Gasteiger partial charge >= 0.3 is 0 Å². The number of rotatable bonds is 4. The van der Waals surface area contributed by atoms with Crippen molar-refractivity contribution in [3.8, 4) is 0 Å². The number of azide groups is 1. The van der Waals surface area contributed by atoms with Gasteiger partial charge in [0.2, 0.25) is 0 Å². The van der Waals surface area contributed by atoms with E-state index in [1.165, 1.54) is 0 Å². The Labute approximate surface area is 88.3 Å². The fourth-order valence-corrected chi connectivity index (χ4v) is 1.12. The highest BCUT2D eigenvalue weighted by molar-refractivity contribution is 5.56. The van der Waals surface area contributed by atoms with Crippen LogP contribution in [0, 0.1) is 6.92 Å². The molecule has 0 aromatic carbocycles. The van der Waals surface area contributed by atoms with Gasteiger partial charge in [-0.15, -0.1) is 0 Å². The summed E-state index contributed by atoms with van der Waals surface area (Å²) in [6.45, 7) is 2.40. The van der Waals surface area contributed by atoms with Crippen molar-refractivity contribution in [3.63, 3.8) is 0 Å². The molecule has 1 aromatic heterocycles. The van der Waals surface area contributed by atoms with Crippen LogP contribution in [-0.2, 0) is 0 Å². The molecule has 0 fully saturated rings. The molecular formula is C10H13N5. The van der Waals surface area contributed by atoms with Crippen LogP contribution in [0.3, 0.4) is 0 Å². The number of nitrogen functional groups attached to an aromatic ring is 1. The maximum atomic E-state index is 8.07. The molecule has 0 atom stereocenters. The first-order chi connectivity index (χ1) is 7.24. The van der Waals surface area contributed by atoms with Gasteiger partial charge in [-0.05, 0) is 30.5 Å². The number of nitrogens with two attached hydrogens (primary N) is 1. The van der Waals surface area contributed by atoms with Crippen molar-refractivity contribution in [2.24, 2.45) is 5.11 Å². The Morgan fingerprint density at radius 2 is 2.47 bits per heavy atom. The van der Waals surface area contributed by atoms with E-state index in [4.69, 9.17) is 11.3 Å². The number of nitrogens with zero attached hydrogens (tertiary/aromatic N) is 4. The summed E-state index contributed by atoms with van der Waals surface area (Å²) in [5, 5.41) is 3.43. The molecule has 0 aliphatic heterocycles. The predicted octanol–water partition coefficient (Wildman–Crippen LogP) is 2.69. The lowest BCUT2D eigenvalue weighted by atomic mass is 10.1. The van der Waals surface area contributed by atoms with Crippen LogP contribution in [0.2, 0.25) is 0 Å². The van der Waals surface area contributed by atoms with Crippen LogP contribution in [-0.4, -0.2) is 11.5 Å². The van der Waals surface area contributed by atoms with E-state index in [0.717, 1.165) is 17.7 Å². The molecule has 0 radical (unpaired) electrons. The maximum absolute atomic E-state index is 8.07. The van der Waals surface area contributed by atoms with E-state index in [2.05, 4.69) is 15.0 Å². The Bertz CT molecular complexity index is 404. The van der Waals surface area contributed by atoms with Crippen LogP contribution in [0.15, 0.2) is 23.5 Å². The van der Waals surface area contributed by atoms with Gasteiger partial charge in [-0.25, -0.2) is 0 Å². The number of aryl methyl sites for hydroxylation is 1. The third-order valence-corrected chi connectivity index (χ3v) is 1.90. The monoisotopic (exact) mass is 203 g/mol. The molecule has 1 heterocycles. The van der Waals surface area contributed by atoms with Crippen molar-refractivity contribution in [1.29, 1.82) is 0 Å². The lowest BCUT2D eigenvalue weighted by Gasteiger charge is -2.00. The number of aromatic nitrogens is 1. The first kappa shape index (κ1) is 11.1. The van der Waals surface area contributed by atoms with Gasteiger partial charge in [0.15, 0.2) is 0 Å². The quantitative estimate of drug-likeness (QED) is 0.353. The zero-order valence-electron chi connectivity index (χ0n) is 8.59. The van der Waals surface area contributed by atoms with E-state index in [1.807, 2.05) is 25.1 Å². The summed E-state index contributed by atoms with van der Waals surface area (Å²) in [4.78, 5) is 6.81. The summed E-state index contributed by atoms with van der Waals surface area (Å²) in [6, 6.07) is 1.87. The molecule has 78 valence electrons. The van der Waals surface area contributed by atoms with Crippen LogP contribution < -0.4 is 5.73 Å². The van der Waals surface area contributed by atoms with Crippen LogP contribution in [0.5, 0.6) is 0 Å². The second-order valence-corrected chi connectivity index (χ2v) is 3.09. The maximum Gasteiger partial charge on any atom is 0.0506 e. The largest absolute Gasteiger partial charge is 0.397 e. The molecule has 0 saturated carbocycles. The Morgan fingerprint density at radius 1 is 1.67 bits per heavy atom. The van der Waals surface area contributed by atoms with E-state index in [9.17, 15) is 0 Å². The molecule has 0 unspecified atom stereocenters. The second-order valence-electron chi connectivity index (χ2n) is 3.09. The first-order valence-corrected chi connectivity index (χ1v) is 4.63. The van der Waals surface area contributed by atoms with Gasteiger partial charge in [0, 0.05) is 17.2 Å². The van der Waals surface area contributed by atoms with Crippen LogP contribution >= 0.6 is 0 Å². The Morgan fingerprint density at radius 3 is 3.20 bits per heavy atom. The molecule has 1 rings (SSSR count). The minimum absolute atomic E-state index is 0.474. The van der Waals surface area contributed by atoms with E-state index in [1.54, 1.807) is 6.20 Å². The first-order valence-electron chi connectivity index (χ1n) is 4.63. The van der Waals surface area contributed by atoms with Crippen molar-refractivity contribution < 1.29 is 0 Å². The molecule has 15 heavy (non-hydrogen) atoms. The van der Waals surface area contributed by atoms with Crippen molar-refractivity contribution in [2.75, 3.05) is 12.3 Å². The van der Waals surface area contributed by atoms with Gasteiger partial charge in [-0.2, -0.15) is 0 Å². The van der Waals surface area contributed by atoms with E-state index < -0.39 is 0 Å². The lowest BCUT2D eigenvalue weighted by Crippen LogP contribution is -1.91. The summed E-state index contributed by atoms with van der Waals surface area (Å²) in [5.74, 6) is 0. The number of hydrogen-bond acceptors (Lipinski definition) is 3. The van der Waals surface area contributed by atoms with Gasteiger partial charge < -0.3 is 5.73 Å². The molecular weight excluding hydrogens is 190 g/mol. The predicted molar refractivity (Wildman–Crippen MR) is 61.1 cm³/mol. The summed E-state index contributed by atoms with van der Waals surface area (Å²) < 4.78 is 0. The summed E-state index contributed by atoms with van der Waals surface area (Å²) in [7, 11) is 0. The number of hydrogen-bond donors (Lipinski definition) is 1. The van der Waals surface area contributed by atoms with E-state index in [0.29, 0.717) is 12.2 Å². The zero-order valence-corrected chi connectivity index (χ0v) is 8.59. The molecule has 0 aliphatic carbocycles. The molecule has 0 saturated heterocycles. The molecule has 2 N–H and O–H groups in total. The van der Waals surface area contributed by atoms with Crippen LogP contribution in [0.4, 0.5) is 5.69 Å². The van der Waals surface area contributed by atoms with Gasteiger partial charge in [0.25, 0.3) is 0 Å². The standard InChI is InChI=1S/C10H13N5/c1-8-9(6-10(11)7-13-8)4-2-3-5-14-15-12/h2,4,6-7H,3,5,11H2,1H3. The van der Waals surface area contributed by atoms with Gasteiger partial charge in [0.1, 0.15) is 0 Å². The Hall–Kier alpha value is -2.00. The van der Waals surface area contributed by atoms with Gasteiger partial charge in [0.05, 0.1) is 11.9 Å². The van der Waals surface area contributed by atoms with Crippen LogP contribution in [0.25, 0.3) is 16.5 Å². The highest BCUT2D eigenvalue weighted by Gasteiger charge is 1.95. The third-order valence-electron chi connectivity index (χ3n) is 1.90. The minimum atomic E-state index is 0.474. The summed E-state index contributed by atoms with van der Waals surface area (Å²) in [5.41, 5.74) is 16.3. The normalized spacial score (nSPS) is 10.2. The average Bonchev–Trinajstić information content (AvgIpc) is 2.23. The van der Waals surface area contributed by atoms with Crippen molar-refractivity contribution >= 4 is 11.8 Å². The highest BCUT2D eigenvalue weighted by atomic mass is 15.1. The van der Waals surface area contributed by atoms with Crippen molar-refractivity contribution in [1.82, 2.24) is 4.98 Å². The highest BCUT2D eigenvalue weighted by Crippen LogP contribution is 2.11. The zero-order chi connectivity index (χ0) is 11.1. The van der Waals surface area contributed by atoms with Gasteiger partial charge in [-0.1, -0.05) is 17.3 Å². The number of anilines is 1. The SMILES string of the molecule is Cc1ncc(N)cc1C=CCCN=[N+]=[N-]. The van der Waals surface area contributed by atoms with Crippen molar-refractivity contribution in [3.05, 3.63) is 40.0 Å². The molecule has 1 aromatic rings. The molecule has 5 nitrogen and oxygen atoms in total. The molecule has 0 bridgehead atoms. The Balaban J connectivity index is 2.63. The van der Waals surface area contributed by atoms with Gasteiger partial charge in [-0.3, -0.25) is 4.98 Å².